The molecule has 4 aromatic rings. The smallest absolute Gasteiger partial charge is 0.276 e. The predicted molar refractivity (Wildman–Crippen MR) is 113 cm³/mol. The number of amides is 1. The summed E-state index contributed by atoms with van der Waals surface area (Å²) in [5.74, 6) is 0.944. The van der Waals surface area contributed by atoms with Gasteiger partial charge in [-0.05, 0) is 23.6 Å². The molecule has 6 nitrogen and oxygen atoms in total. The van der Waals surface area contributed by atoms with Crippen LogP contribution in [-0.4, -0.2) is 25.7 Å². The number of anilines is 1. The van der Waals surface area contributed by atoms with E-state index in [2.05, 4.69) is 41.2 Å². The van der Waals surface area contributed by atoms with Crippen LogP contribution in [0.15, 0.2) is 52.7 Å². The van der Waals surface area contributed by atoms with Crippen LogP contribution < -0.4 is 5.32 Å². The van der Waals surface area contributed by atoms with Crippen LogP contribution >= 0.6 is 22.7 Å². The molecule has 28 heavy (non-hydrogen) atoms. The van der Waals surface area contributed by atoms with Crippen molar-refractivity contribution in [2.75, 3.05) is 5.32 Å². The van der Waals surface area contributed by atoms with Crippen molar-refractivity contribution in [2.45, 2.75) is 26.2 Å². The van der Waals surface area contributed by atoms with Crippen molar-refractivity contribution in [1.82, 2.24) is 19.7 Å². The molecular formula is C20H19N5OS2. The molecule has 4 aromatic heterocycles. The van der Waals surface area contributed by atoms with Gasteiger partial charge in [0.25, 0.3) is 5.91 Å². The van der Waals surface area contributed by atoms with Gasteiger partial charge in [0, 0.05) is 34.0 Å². The first-order chi connectivity index (χ1) is 13.4. The molecule has 0 aliphatic heterocycles. The fourth-order valence-corrected chi connectivity index (χ4v) is 4.08. The number of aromatic nitrogens is 4. The van der Waals surface area contributed by atoms with Crippen molar-refractivity contribution in [3.63, 3.8) is 0 Å². The molecule has 4 heterocycles. The number of carbonyl (C=O) groups excluding carboxylic acids is 1. The average molecular weight is 410 g/mol. The number of carbonyl (C=O) groups is 1. The maximum absolute atomic E-state index is 12.8. The Morgan fingerprint density at radius 1 is 1.18 bits per heavy atom. The largest absolute Gasteiger partial charge is 0.305 e. The van der Waals surface area contributed by atoms with Crippen LogP contribution in [0.3, 0.4) is 0 Å². The Kier molecular flexibility index (Phi) is 4.82. The van der Waals surface area contributed by atoms with E-state index in [1.807, 2.05) is 41.1 Å². The summed E-state index contributed by atoms with van der Waals surface area (Å²) in [7, 11) is 0. The highest BCUT2D eigenvalue weighted by Gasteiger charge is 2.22. The highest BCUT2D eigenvalue weighted by Crippen LogP contribution is 2.28. The monoisotopic (exact) mass is 409 g/mol. The molecule has 0 aromatic carbocycles. The minimum absolute atomic E-state index is 0.160. The summed E-state index contributed by atoms with van der Waals surface area (Å²) in [6.07, 6.45) is 1.70. The number of nitrogens with zero attached hydrogens (tertiary/aromatic N) is 4. The fraction of sp³-hybridized carbons (Fsp3) is 0.200. The van der Waals surface area contributed by atoms with Crippen LogP contribution in [0, 0.1) is 0 Å². The van der Waals surface area contributed by atoms with Gasteiger partial charge in [-0.15, -0.1) is 11.3 Å². The van der Waals surface area contributed by atoms with Gasteiger partial charge < -0.3 is 5.32 Å². The van der Waals surface area contributed by atoms with E-state index in [1.54, 1.807) is 27.6 Å². The maximum Gasteiger partial charge on any atom is 0.276 e. The fourth-order valence-electron chi connectivity index (χ4n) is 2.57. The third kappa shape index (κ3) is 3.74. The summed E-state index contributed by atoms with van der Waals surface area (Å²) < 4.78 is 1.66. The highest BCUT2D eigenvalue weighted by atomic mass is 32.1. The first-order valence-electron chi connectivity index (χ1n) is 8.73. The lowest BCUT2D eigenvalue weighted by atomic mass is 9.92. The summed E-state index contributed by atoms with van der Waals surface area (Å²) in [5.41, 5.74) is 2.12. The van der Waals surface area contributed by atoms with E-state index in [0.717, 1.165) is 16.3 Å². The molecule has 0 aliphatic carbocycles. The summed E-state index contributed by atoms with van der Waals surface area (Å²) in [4.78, 5) is 21.6. The van der Waals surface area contributed by atoms with Gasteiger partial charge in [0.1, 0.15) is 16.5 Å². The highest BCUT2D eigenvalue weighted by molar-refractivity contribution is 7.14. The van der Waals surface area contributed by atoms with E-state index in [4.69, 9.17) is 0 Å². The third-order valence-corrected chi connectivity index (χ3v) is 5.67. The molecule has 1 amide bonds. The van der Waals surface area contributed by atoms with Gasteiger partial charge in [-0.3, -0.25) is 4.79 Å². The molecule has 4 rings (SSSR count). The zero-order chi connectivity index (χ0) is 19.7. The molecule has 0 unspecified atom stereocenters. The van der Waals surface area contributed by atoms with Crippen LogP contribution in [0.1, 0.15) is 37.0 Å². The number of pyridine rings is 1. The molecule has 0 atom stereocenters. The Bertz CT molecular complexity index is 1090. The molecule has 0 bridgehead atoms. The van der Waals surface area contributed by atoms with Gasteiger partial charge in [0.05, 0.1) is 5.69 Å². The Morgan fingerprint density at radius 3 is 2.71 bits per heavy atom. The van der Waals surface area contributed by atoms with Gasteiger partial charge in [-0.1, -0.05) is 26.8 Å². The van der Waals surface area contributed by atoms with Gasteiger partial charge in [-0.2, -0.15) is 21.1 Å². The standard InChI is InChI=1S/C20H19N5OS2/c1-20(2,3)15-10-17(25(24-15)16-6-4-5-8-21-16)23-18(26)14-12-28-19(22-14)13-7-9-27-11-13/h4-12H,1-3H3,(H,23,26). The molecule has 0 saturated carbocycles. The molecule has 0 spiro atoms. The Hall–Kier alpha value is -2.84. The predicted octanol–water partition coefficient (Wildman–Crippen LogP) is 5.00. The van der Waals surface area contributed by atoms with Gasteiger partial charge in [-0.25, -0.2) is 9.97 Å². The van der Waals surface area contributed by atoms with Gasteiger partial charge in [0.2, 0.25) is 0 Å². The number of nitrogens with one attached hydrogen (secondary N) is 1. The summed E-state index contributed by atoms with van der Waals surface area (Å²) in [5, 5.41) is 14.2. The second kappa shape index (κ2) is 7.29. The van der Waals surface area contributed by atoms with Crippen LogP contribution in [-0.2, 0) is 5.41 Å². The van der Waals surface area contributed by atoms with E-state index in [9.17, 15) is 4.79 Å². The molecule has 8 heteroatoms. The average Bonchev–Trinajstić information content (AvgIpc) is 3.41. The van der Waals surface area contributed by atoms with Crippen LogP contribution in [0.4, 0.5) is 5.82 Å². The molecular weight excluding hydrogens is 390 g/mol. The lowest BCUT2D eigenvalue weighted by Gasteiger charge is -2.13. The number of rotatable bonds is 4. The maximum atomic E-state index is 12.8. The minimum atomic E-state index is -0.268. The van der Waals surface area contributed by atoms with E-state index in [-0.39, 0.29) is 11.3 Å². The second-order valence-electron chi connectivity index (χ2n) is 7.27. The zero-order valence-corrected chi connectivity index (χ0v) is 17.3. The zero-order valence-electron chi connectivity index (χ0n) is 15.7. The van der Waals surface area contributed by atoms with Crippen molar-refractivity contribution in [3.8, 4) is 16.4 Å². The van der Waals surface area contributed by atoms with Crippen molar-refractivity contribution < 1.29 is 4.79 Å². The molecule has 0 fully saturated rings. The van der Waals surface area contributed by atoms with Crippen molar-refractivity contribution in [3.05, 3.63) is 64.1 Å². The molecule has 1 N–H and O–H groups in total. The van der Waals surface area contributed by atoms with Gasteiger partial charge >= 0.3 is 0 Å². The normalized spacial score (nSPS) is 11.5. The Balaban J connectivity index is 1.65. The third-order valence-electron chi connectivity index (χ3n) is 4.09. The van der Waals surface area contributed by atoms with Crippen molar-refractivity contribution >= 4 is 34.4 Å². The lowest BCUT2D eigenvalue weighted by Crippen LogP contribution is -2.16. The topological polar surface area (TPSA) is 72.7 Å². The quantitative estimate of drug-likeness (QED) is 0.515. The summed E-state index contributed by atoms with van der Waals surface area (Å²) in [6.45, 7) is 6.24. The second-order valence-corrected chi connectivity index (χ2v) is 8.91. The van der Waals surface area contributed by atoms with Gasteiger partial charge in [0.15, 0.2) is 5.82 Å². The van der Waals surface area contributed by atoms with Crippen LogP contribution in [0.25, 0.3) is 16.4 Å². The SMILES string of the molecule is CC(C)(C)c1cc(NC(=O)c2csc(-c3ccsc3)n2)n(-c2ccccn2)n1. The molecule has 0 saturated heterocycles. The van der Waals surface area contributed by atoms with Crippen LogP contribution in [0.5, 0.6) is 0 Å². The number of hydrogen-bond acceptors (Lipinski definition) is 6. The van der Waals surface area contributed by atoms with Crippen LogP contribution in [0.2, 0.25) is 0 Å². The lowest BCUT2D eigenvalue weighted by molar-refractivity contribution is 0.102. The van der Waals surface area contributed by atoms with Crippen molar-refractivity contribution in [2.24, 2.45) is 0 Å². The first kappa shape index (κ1) is 18.5. The van der Waals surface area contributed by atoms with E-state index in [1.165, 1.54) is 11.3 Å². The molecule has 0 radical (unpaired) electrons. The number of thiophene rings is 1. The number of hydrogen-bond donors (Lipinski definition) is 1. The summed E-state index contributed by atoms with van der Waals surface area (Å²) in [6, 6.07) is 9.47. The van der Waals surface area contributed by atoms with E-state index < -0.39 is 0 Å². The Morgan fingerprint density at radius 2 is 2.04 bits per heavy atom. The first-order valence-corrected chi connectivity index (χ1v) is 10.6. The minimum Gasteiger partial charge on any atom is -0.305 e. The number of thiazole rings is 1. The summed E-state index contributed by atoms with van der Waals surface area (Å²) >= 11 is 3.06. The van der Waals surface area contributed by atoms with E-state index >= 15 is 0 Å². The van der Waals surface area contributed by atoms with Crippen molar-refractivity contribution in [1.29, 1.82) is 0 Å². The molecule has 0 aliphatic rings. The Labute approximate surface area is 170 Å². The van der Waals surface area contributed by atoms with E-state index in [0.29, 0.717) is 17.3 Å². The molecule has 142 valence electrons.